The van der Waals surface area contributed by atoms with Crippen LogP contribution in [0.4, 0.5) is 5.82 Å². The second kappa shape index (κ2) is 8.58. The fraction of sp³-hybridized carbons (Fsp3) is 0.455. The van der Waals surface area contributed by atoms with Gasteiger partial charge in [-0.15, -0.1) is 0 Å². The highest BCUT2D eigenvalue weighted by atomic mass is 16.6. The first-order valence-electron chi connectivity index (χ1n) is 10.9. The molecular weight excluding hydrogens is 428 g/mol. The molecule has 11 heteroatoms. The van der Waals surface area contributed by atoms with Crippen LogP contribution in [0.1, 0.15) is 24.6 Å². The Hall–Kier alpha value is -3.28. The normalized spacial score (nSPS) is 26.1. The molecule has 0 spiro atoms. The van der Waals surface area contributed by atoms with Crippen molar-refractivity contribution in [3.8, 4) is 5.75 Å². The molecule has 0 radical (unpaired) electrons. The number of aromatic nitrogens is 4. The van der Waals surface area contributed by atoms with E-state index in [2.05, 4.69) is 15.0 Å². The highest BCUT2D eigenvalue weighted by Gasteiger charge is 2.49. The number of amides is 1. The largest absolute Gasteiger partial charge is 0.490 e. The van der Waals surface area contributed by atoms with Gasteiger partial charge >= 0.3 is 0 Å². The van der Waals surface area contributed by atoms with Gasteiger partial charge in [0.05, 0.1) is 6.33 Å². The quantitative estimate of drug-likeness (QED) is 0.509. The van der Waals surface area contributed by atoms with E-state index in [1.54, 1.807) is 4.90 Å². The number of ether oxygens (including phenoxy) is 2. The Balaban J connectivity index is 1.24. The van der Waals surface area contributed by atoms with E-state index >= 15 is 0 Å². The number of nitrogens with two attached hydrogens (primary N) is 1. The van der Waals surface area contributed by atoms with Gasteiger partial charge in [-0.25, -0.2) is 15.0 Å². The van der Waals surface area contributed by atoms with Gasteiger partial charge in [0.2, 0.25) is 0 Å². The zero-order valence-electron chi connectivity index (χ0n) is 18.1. The number of aliphatic hydroxyl groups is 2. The molecule has 0 aliphatic carbocycles. The summed E-state index contributed by atoms with van der Waals surface area (Å²) in [7, 11) is 0. The van der Waals surface area contributed by atoms with Crippen molar-refractivity contribution in [1.82, 2.24) is 24.4 Å². The van der Waals surface area contributed by atoms with Crippen molar-refractivity contribution in [3.05, 3.63) is 42.5 Å². The maximum Gasteiger partial charge on any atom is 0.254 e. The van der Waals surface area contributed by atoms with Gasteiger partial charge in [0.1, 0.15) is 35.9 Å². The van der Waals surface area contributed by atoms with Crippen molar-refractivity contribution < 1.29 is 24.5 Å². The molecule has 0 unspecified atom stereocenters. The minimum atomic E-state index is -1.39. The molecule has 4 N–H and O–H groups in total. The van der Waals surface area contributed by atoms with Crippen LogP contribution in [0, 0.1) is 6.92 Å². The number of likely N-dealkylation sites (tertiary alicyclic amines) is 1. The molecule has 5 rings (SSSR count). The summed E-state index contributed by atoms with van der Waals surface area (Å²) in [6.07, 6.45) is -0.946. The minimum absolute atomic E-state index is 0.00645. The fourth-order valence-corrected chi connectivity index (χ4v) is 4.33. The van der Waals surface area contributed by atoms with Gasteiger partial charge in [0, 0.05) is 25.9 Å². The topological polar surface area (TPSA) is 149 Å². The zero-order chi connectivity index (χ0) is 23.1. The maximum atomic E-state index is 13.1. The third-order valence-corrected chi connectivity index (χ3v) is 6.22. The second-order valence-corrected chi connectivity index (χ2v) is 8.47. The first-order valence-corrected chi connectivity index (χ1v) is 10.9. The third kappa shape index (κ3) is 3.99. The average Bonchev–Trinajstić information content (AvgIpc) is 3.37. The number of carbonyl (C=O) groups is 1. The van der Waals surface area contributed by atoms with Crippen LogP contribution in [0.25, 0.3) is 11.2 Å². The molecule has 2 aliphatic rings. The summed E-state index contributed by atoms with van der Waals surface area (Å²) in [5.41, 5.74) is 7.69. The van der Waals surface area contributed by atoms with E-state index in [4.69, 9.17) is 15.2 Å². The van der Waals surface area contributed by atoms with Gasteiger partial charge in [-0.05, 0) is 19.1 Å². The number of fused-ring (bicyclic) bond motifs is 1. The van der Waals surface area contributed by atoms with Crippen LogP contribution in [-0.2, 0) is 9.53 Å². The minimum Gasteiger partial charge on any atom is -0.490 e. The number of aliphatic hydroxyl groups excluding tert-OH is 2. The fourth-order valence-electron chi connectivity index (χ4n) is 4.33. The van der Waals surface area contributed by atoms with E-state index in [1.807, 2.05) is 31.2 Å². The Morgan fingerprint density at radius 1 is 1.12 bits per heavy atom. The van der Waals surface area contributed by atoms with Gasteiger partial charge < -0.3 is 30.3 Å². The molecule has 4 atom stereocenters. The number of rotatable bonds is 4. The van der Waals surface area contributed by atoms with E-state index in [-0.39, 0.29) is 17.8 Å². The van der Waals surface area contributed by atoms with Crippen molar-refractivity contribution in [3.63, 3.8) is 0 Å². The molecule has 2 fully saturated rings. The number of nitrogens with zero attached hydrogens (tertiary/aromatic N) is 5. The van der Waals surface area contributed by atoms with Crippen LogP contribution in [0.2, 0.25) is 0 Å². The van der Waals surface area contributed by atoms with Crippen molar-refractivity contribution in [2.75, 3.05) is 18.8 Å². The molecule has 4 heterocycles. The van der Waals surface area contributed by atoms with Gasteiger partial charge in [-0.3, -0.25) is 9.36 Å². The van der Waals surface area contributed by atoms with E-state index in [1.165, 1.54) is 17.2 Å². The Morgan fingerprint density at radius 3 is 2.58 bits per heavy atom. The molecule has 1 aromatic carbocycles. The zero-order valence-corrected chi connectivity index (χ0v) is 18.1. The smallest absolute Gasteiger partial charge is 0.254 e. The molecule has 2 aliphatic heterocycles. The summed E-state index contributed by atoms with van der Waals surface area (Å²) in [6, 6.07) is 7.88. The van der Waals surface area contributed by atoms with Crippen LogP contribution in [0.3, 0.4) is 0 Å². The number of carbonyl (C=O) groups excluding carboxylic acids is 1. The highest BCUT2D eigenvalue weighted by molar-refractivity contribution is 5.83. The van der Waals surface area contributed by atoms with Crippen LogP contribution >= 0.6 is 0 Å². The van der Waals surface area contributed by atoms with Gasteiger partial charge in [-0.2, -0.15) is 0 Å². The second-order valence-electron chi connectivity index (χ2n) is 8.47. The van der Waals surface area contributed by atoms with E-state index < -0.39 is 24.5 Å². The Labute approximate surface area is 189 Å². The van der Waals surface area contributed by atoms with Gasteiger partial charge in [-0.1, -0.05) is 17.7 Å². The van der Waals surface area contributed by atoms with Crippen molar-refractivity contribution in [2.24, 2.45) is 0 Å². The maximum absolute atomic E-state index is 13.1. The summed E-state index contributed by atoms with van der Waals surface area (Å²) >= 11 is 0. The Kier molecular flexibility index (Phi) is 5.60. The molecule has 2 aromatic heterocycles. The number of piperidine rings is 1. The molecular formula is C22H26N6O5. The van der Waals surface area contributed by atoms with Gasteiger partial charge in [0.25, 0.3) is 5.91 Å². The Bertz CT molecular complexity index is 1140. The number of anilines is 1. The predicted molar refractivity (Wildman–Crippen MR) is 117 cm³/mol. The predicted octanol–water partition coefficient (Wildman–Crippen LogP) is 0.406. The monoisotopic (exact) mass is 454 g/mol. The molecule has 1 amide bonds. The van der Waals surface area contributed by atoms with E-state index in [9.17, 15) is 15.0 Å². The van der Waals surface area contributed by atoms with Crippen LogP contribution < -0.4 is 10.5 Å². The molecule has 11 nitrogen and oxygen atoms in total. The molecule has 3 aromatic rings. The summed E-state index contributed by atoms with van der Waals surface area (Å²) in [5.74, 6) is 0.634. The Morgan fingerprint density at radius 2 is 1.85 bits per heavy atom. The van der Waals surface area contributed by atoms with E-state index in [0.717, 1.165) is 11.3 Å². The summed E-state index contributed by atoms with van der Waals surface area (Å²) in [4.78, 5) is 26.9. The molecule has 174 valence electrons. The number of hydrogen-bond acceptors (Lipinski definition) is 9. The third-order valence-electron chi connectivity index (χ3n) is 6.22. The van der Waals surface area contributed by atoms with E-state index in [0.29, 0.717) is 37.1 Å². The summed E-state index contributed by atoms with van der Waals surface area (Å²) < 4.78 is 13.3. The van der Waals surface area contributed by atoms with Crippen LogP contribution in [-0.4, -0.2) is 78.0 Å². The highest BCUT2D eigenvalue weighted by Crippen LogP contribution is 2.33. The lowest BCUT2D eigenvalue weighted by Gasteiger charge is -2.34. The number of aryl methyl sites for hydroxylation is 1. The molecule has 33 heavy (non-hydrogen) atoms. The first kappa shape index (κ1) is 21.6. The van der Waals surface area contributed by atoms with Crippen molar-refractivity contribution >= 4 is 22.9 Å². The number of benzene rings is 1. The van der Waals surface area contributed by atoms with Crippen LogP contribution in [0.15, 0.2) is 36.9 Å². The summed E-state index contributed by atoms with van der Waals surface area (Å²) in [5, 5.41) is 21.2. The average molecular weight is 454 g/mol. The van der Waals surface area contributed by atoms with Gasteiger partial charge in [0.15, 0.2) is 23.8 Å². The number of imidazole rings is 1. The van der Waals surface area contributed by atoms with Crippen molar-refractivity contribution in [2.45, 2.75) is 50.4 Å². The van der Waals surface area contributed by atoms with Crippen molar-refractivity contribution in [1.29, 1.82) is 0 Å². The SMILES string of the molecule is Cc1ccc(OC2CCN(C(=O)[C@H]3O[C@@H](n4cnc5c(N)ncnc54)[C@H](O)[C@@H]3O)CC2)cc1. The molecule has 0 bridgehead atoms. The molecule has 2 saturated heterocycles. The van der Waals surface area contributed by atoms with Crippen LogP contribution in [0.5, 0.6) is 5.75 Å². The number of hydrogen-bond donors (Lipinski definition) is 3. The lowest BCUT2D eigenvalue weighted by Crippen LogP contribution is -2.49. The first-order chi connectivity index (χ1) is 15.9. The number of nitrogen functional groups attached to an aromatic ring is 1. The lowest BCUT2D eigenvalue weighted by molar-refractivity contribution is -0.150. The molecule has 0 saturated carbocycles. The lowest BCUT2D eigenvalue weighted by atomic mass is 10.0. The summed E-state index contributed by atoms with van der Waals surface area (Å²) in [6.45, 7) is 2.97. The standard InChI is InChI=1S/C22H26N6O5/c1-12-2-4-13(5-3-12)32-14-6-8-27(9-7-14)21(31)18-16(29)17(30)22(33-18)28-11-26-15-19(23)24-10-25-20(15)28/h2-5,10-11,14,16-18,22,29-30H,6-9H2,1H3,(H2,23,24,25)/t16-,17+,18-,22+/m0/s1.